The van der Waals surface area contributed by atoms with E-state index in [1.807, 2.05) is 31.2 Å². The maximum absolute atomic E-state index is 11.5. The van der Waals surface area contributed by atoms with E-state index >= 15 is 0 Å². The summed E-state index contributed by atoms with van der Waals surface area (Å²) in [5.74, 6) is -0.404. The topological polar surface area (TPSA) is 49.4 Å². The zero-order chi connectivity index (χ0) is 13.5. The van der Waals surface area contributed by atoms with Gasteiger partial charge in [0, 0.05) is 20.2 Å². The van der Waals surface area contributed by atoms with E-state index in [4.69, 9.17) is 0 Å². The Kier molecular flexibility index (Phi) is 5.11. The highest BCUT2D eigenvalue weighted by molar-refractivity contribution is 5.94. The maximum Gasteiger partial charge on any atom is 0.244 e. The van der Waals surface area contributed by atoms with Gasteiger partial charge < -0.3 is 10.2 Å². The van der Waals surface area contributed by atoms with Gasteiger partial charge in [-0.2, -0.15) is 0 Å². The predicted octanol–water partition coefficient (Wildman–Crippen LogP) is 1.21. The molecule has 0 unspecified atom stereocenters. The van der Waals surface area contributed by atoms with Gasteiger partial charge in [0.25, 0.3) is 0 Å². The lowest BCUT2D eigenvalue weighted by Crippen LogP contribution is -2.35. The van der Waals surface area contributed by atoms with Crippen LogP contribution in [0.4, 0.5) is 0 Å². The number of hydrogen-bond acceptors (Lipinski definition) is 2. The average Bonchev–Trinajstić information content (AvgIpc) is 2.33. The van der Waals surface area contributed by atoms with Gasteiger partial charge in [-0.3, -0.25) is 9.59 Å². The highest BCUT2D eigenvalue weighted by Gasteiger charge is 2.04. The number of rotatable bonds is 4. The van der Waals surface area contributed by atoms with Crippen LogP contribution in [0.5, 0.6) is 0 Å². The molecule has 0 radical (unpaired) electrons. The monoisotopic (exact) mass is 246 g/mol. The summed E-state index contributed by atoms with van der Waals surface area (Å²) in [6.45, 7) is 2.01. The lowest BCUT2D eigenvalue weighted by atomic mass is 10.1. The van der Waals surface area contributed by atoms with Gasteiger partial charge in [0.1, 0.15) is 0 Å². The molecule has 0 heterocycles. The summed E-state index contributed by atoms with van der Waals surface area (Å²) in [5.41, 5.74) is 2.10. The Morgan fingerprint density at radius 1 is 1.33 bits per heavy atom. The van der Waals surface area contributed by atoms with Gasteiger partial charge in [-0.15, -0.1) is 0 Å². The molecule has 0 spiro atoms. The molecule has 0 bridgehead atoms. The average molecular weight is 246 g/mol. The lowest BCUT2D eigenvalue weighted by molar-refractivity contribution is -0.129. The van der Waals surface area contributed by atoms with Crippen LogP contribution < -0.4 is 5.32 Å². The smallest absolute Gasteiger partial charge is 0.244 e. The second kappa shape index (κ2) is 6.59. The summed E-state index contributed by atoms with van der Waals surface area (Å²) in [7, 11) is 3.30. The Morgan fingerprint density at radius 2 is 2.06 bits per heavy atom. The molecule has 4 heteroatoms. The van der Waals surface area contributed by atoms with Crippen LogP contribution in [-0.4, -0.2) is 37.4 Å². The molecule has 0 saturated heterocycles. The van der Waals surface area contributed by atoms with E-state index in [1.165, 1.54) is 11.0 Å². The van der Waals surface area contributed by atoms with E-state index in [0.29, 0.717) is 0 Å². The van der Waals surface area contributed by atoms with E-state index in [9.17, 15) is 9.59 Å². The molecule has 2 amide bonds. The Hall–Kier alpha value is -2.10. The predicted molar refractivity (Wildman–Crippen MR) is 71.9 cm³/mol. The minimum Gasteiger partial charge on any atom is -0.347 e. The zero-order valence-electron chi connectivity index (χ0n) is 10.9. The molecular weight excluding hydrogens is 228 g/mol. The third-order valence-corrected chi connectivity index (χ3v) is 2.38. The number of likely N-dealkylation sites (N-methyl/N-ethyl adjacent to an activating group) is 1. The molecule has 0 aliphatic carbocycles. The molecule has 0 aromatic heterocycles. The van der Waals surface area contributed by atoms with Gasteiger partial charge in [0.2, 0.25) is 11.8 Å². The van der Waals surface area contributed by atoms with E-state index in [1.54, 1.807) is 20.2 Å². The lowest BCUT2D eigenvalue weighted by Gasteiger charge is -2.09. The van der Waals surface area contributed by atoms with Crippen molar-refractivity contribution < 1.29 is 9.59 Å². The molecule has 1 aromatic rings. The normalized spacial score (nSPS) is 10.4. The quantitative estimate of drug-likeness (QED) is 0.812. The van der Waals surface area contributed by atoms with Crippen LogP contribution in [0.2, 0.25) is 0 Å². The first kappa shape index (κ1) is 14.0. The maximum atomic E-state index is 11.5. The summed E-state index contributed by atoms with van der Waals surface area (Å²) in [6.07, 6.45) is 3.15. The Bertz CT molecular complexity index is 465. The first-order chi connectivity index (χ1) is 8.49. The summed E-state index contributed by atoms with van der Waals surface area (Å²) in [6, 6.07) is 7.83. The van der Waals surface area contributed by atoms with Crippen molar-refractivity contribution in [3.63, 3.8) is 0 Å². The summed E-state index contributed by atoms with van der Waals surface area (Å²) in [5, 5.41) is 2.53. The number of carbonyl (C=O) groups is 2. The van der Waals surface area contributed by atoms with Crippen LogP contribution in [0.3, 0.4) is 0 Å². The summed E-state index contributed by atoms with van der Waals surface area (Å²) in [4.78, 5) is 24.1. The Morgan fingerprint density at radius 3 is 2.67 bits per heavy atom. The van der Waals surface area contributed by atoms with Crippen LogP contribution in [0.15, 0.2) is 30.3 Å². The highest BCUT2D eigenvalue weighted by atomic mass is 16.2. The van der Waals surface area contributed by atoms with E-state index in [-0.39, 0.29) is 18.4 Å². The molecule has 0 aliphatic rings. The number of hydrogen-bond donors (Lipinski definition) is 1. The van der Waals surface area contributed by atoms with Crippen LogP contribution in [0.1, 0.15) is 11.1 Å². The van der Waals surface area contributed by atoms with Crippen molar-refractivity contribution in [3.05, 3.63) is 41.5 Å². The van der Waals surface area contributed by atoms with Gasteiger partial charge in [-0.05, 0) is 18.6 Å². The first-order valence-corrected chi connectivity index (χ1v) is 5.72. The van der Waals surface area contributed by atoms with Crippen LogP contribution in [-0.2, 0) is 9.59 Å². The number of carbonyl (C=O) groups excluding carboxylic acids is 2. The Balaban J connectivity index is 2.47. The third kappa shape index (κ3) is 4.82. The fraction of sp³-hybridized carbons (Fsp3) is 0.286. The van der Waals surface area contributed by atoms with Gasteiger partial charge in [-0.25, -0.2) is 0 Å². The second-order valence-electron chi connectivity index (χ2n) is 4.25. The van der Waals surface area contributed by atoms with E-state index < -0.39 is 0 Å². The van der Waals surface area contributed by atoms with Crippen molar-refractivity contribution in [2.45, 2.75) is 6.92 Å². The molecule has 4 nitrogen and oxygen atoms in total. The Labute approximate surface area is 107 Å². The highest BCUT2D eigenvalue weighted by Crippen LogP contribution is 2.05. The zero-order valence-corrected chi connectivity index (χ0v) is 10.9. The fourth-order valence-corrected chi connectivity index (χ4v) is 1.33. The van der Waals surface area contributed by atoms with Crippen molar-refractivity contribution >= 4 is 17.9 Å². The van der Waals surface area contributed by atoms with Crippen molar-refractivity contribution in [1.29, 1.82) is 0 Å². The largest absolute Gasteiger partial charge is 0.347 e. The number of benzene rings is 1. The number of amides is 2. The van der Waals surface area contributed by atoms with Crippen molar-refractivity contribution in [3.8, 4) is 0 Å². The molecule has 1 aromatic carbocycles. The van der Waals surface area contributed by atoms with E-state index in [0.717, 1.165) is 11.1 Å². The minimum absolute atomic E-state index is 0.0178. The molecule has 1 N–H and O–H groups in total. The van der Waals surface area contributed by atoms with Gasteiger partial charge in [0.15, 0.2) is 0 Å². The van der Waals surface area contributed by atoms with Crippen LogP contribution in [0, 0.1) is 6.92 Å². The molecule has 0 aliphatic heterocycles. The first-order valence-electron chi connectivity index (χ1n) is 5.72. The van der Waals surface area contributed by atoms with E-state index in [2.05, 4.69) is 5.32 Å². The van der Waals surface area contributed by atoms with Crippen LogP contribution in [0.25, 0.3) is 6.08 Å². The molecule has 1 rings (SSSR count). The summed E-state index contributed by atoms with van der Waals surface area (Å²) < 4.78 is 0. The van der Waals surface area contributed by atoms with Crippen molar-refractivity contribution in [2.24, 2.45) is 0 Å². The minimum atomic E-state index is -0.272. The fourth-order valence-electron chi connectivity index (χ4n) is 1.33. The molecular formula is C14H18N2O2. The number of aryl methyl sites for hydroxylation is 1. The molecule has 0 atom stereocenters. The molecule has 18 heavy (non-hydrogen) atoms. The van der Waals surface area contributed by atoms with Gasteiger partial charge in [-0.1, -0.05) is 29.8 Å². The molecule has 96 valence electrons. The number of nitrogens with zero attached hydrogens (tertiary/aromatic N) is 1. The molecule has 0 saturated carbocycles. The third-order valence-electron chi connectivity index (χ3n) is 2.38. The van der Waals surface area contributed by atoms with Crippen molar-refractivity contribution in [1.82, 2.24) is 10.2 Å². The molecule has 0 fully saturated rings. The standard InChI is InChI=1S/C14H18N2O2/c1-11-5-4-6-12(9-11)7-8-13(17)15-10-14(18)16(2)3/h4-9H,10H2,1-3H3,(H,15,17)/b8-7+. The number of nitrogens with one attached hydrogen (secondary N) is 1. The van der Waals surface area contributed by atoms with Gasteiger partial charge in [0.05, 0.1) is 6.54 Å². The van der Waals surface area contributed by atoms with Gasteiger partial charge >= 0.3 is 0 Å². The van der Waals surface area contributed by atoms with Crippen molar-refractivity contribution in [2.75, 3.05) is 20.6 Å². The second-order valence-corrected chi connectivity index (χ2v) is 4.25. The SMILES string of the molecule is Cc1cccc(/C=C/C(=O)NCC(=O)N(C)C)c1. The summed E-state index contributed by atoms with van der Waals surface area (Å²) >= 11 is 0. The van der Waals surface area contributed by atoms with Crippen LogP contribution >= 0.6 is 0 Å².